The van der Waals surface area contributed by atoms with Crippen LogP contribution in [0.25, 0.3) is 0 Å². The van der Waals surface area contributed by atoms with Crippen LogP contribution < -0.4 is 0 Å². The van der Waals surface area contributed by atoms with E-state index >= 15 is 0 Å². The first-order valence-corrected chi connectivity index (χ1v) is 29.2. The Bertz CT molecular complexity index is 458. The molecular weight excluding hydrogens is 1090 g/mol. The van der Waals surface area contributed by atoms with E-state index in [1.807, 2.05) is 0 Å². The molecule has 0 fully saturated rings. The first kappa shape index (κ1) is 68.3. The van der Waals surface area contributed by atoms with Gasteiger partial charge < -0.3 is 0 Å². The van der Waals surface area contributed by atoms with Crippen molar-refractivity contribution in [2.24, 2.45) is 0 Å². The Balaban J connectivity index is -0.0000000430. The second-order valence-electron chi connectivity index (χ2n) is 4.09. The summed E-state index contributed by atoms with van der Waals surface area (Å²) < 4.78 is 130. The topological polar surface area (TPSA) is 0 Å². The van der Waals surface area contributed by atoms with Crippen LogP contribution >= 0.6 is 175 Å². The Kier molecular flexibility index (Phi) is 46.8. The standard InChI is InChI=1S/C2Cl6.C2Cl2F4.C2ClF5.3CH4.Al.Cl4Ge.3ClH.F4Ge/c3*3-1(4,5)2(6,7)8;;;;;1-5(2,3)4;;;;1-5(2,3)4/h;;;3*1H4;;;3*1H;/q;;;;;;+3;;;;;/p-3. The maximum absolute atomic E-state index is 11.3. The fourth-order valence-electron chi connectivity index (χ4n) is 0. The van der Waals surface area contributed by atoms with E-state index in [1.54, 1.807) is 0 Å². The molecule has 0 aromatic heterocycles. The van der Waals surface area contributed by atoms with Crippen molar-refractivity contribution >= 4 is 211 Å². The molecular formula is C9H12AlCl16F13Ge2. The Morgan fingerprint density at radius 1 is 0.439 bits per heavy atom. The average Bonchev–Trinajstić information content (AvgIpc) is 2.36. The van der Waals surface area contributed by atoms with E-state index in [-0.39, 0.29) is 22.3 Å². The van der Waals surface area contributed by atoms with Crippen LogP contribution in [0.15, 0.2) is 0 Å². The van der Waals surface area contributed by atoms with E-state index in [9.17, 15) is 53.5 Å². The molecule has 41 heavy (non-hydrogen) atoms. The van der Waals surface area contributed by atoms with Crippen molar-refractivity contribution in [3.8, 4) is 0 Å². The fourth-order valence-corrected chi connectivity index (χ4v) is 0. The third kappa shape index (κ3) is 81.4. The Hall–Kier alpha value is 5.35. The van der Waals surface area contributed by atoms with Crippen molar-refractivity contribution in [1.29, 1.82) is 0 Å². The average molecular weight is 1110 g/mol. The van der Waals surface area contributed by atoms with Gasteiger partial charge in [-0.15, -0.1) is 0 Å². The van der Waals surface area contributed by atoms with Crippen LogP contribution in [0.2, 0.25) is 0 Å². The monoisotopic (exact) mass is 1100 g/mol. The number of rotatable bonds is 0. The van der Waals surface area contributed by atoms with Gasteiger partial charge >= 0.3 is 112 Å². The molecule has 262 valence electrons. The van der Waals surface area contributed by atoms with Crippen molar-refractivity contribution < 1.29 is 53.5 Å². The van der Waals surface area contributed by atoms with E-state index in [0.29, 0.717) is 0 Å². The van der Waals surface area contributed by atoms with Crippen LogP contribution in [0.4, 0.5) is 53.5 Å². The molecule has 0 rings (SSSR count). The third-order valence-corrected chi connectivity index (χ3v) is 4.18. The third-order valence-electron chi connectivity index (χ3n) is 0.964. The molecule has 0 unspecified atom stereocenters. The van der Waals surface area contributed by atoms with Crippen molar-refractivity contribution in [2.75, 3.05) is 0 Å². The van der Waals surface area contributed by atoms with E-state index in [2.05, 4.69) is 34.8 Å². The maximum atomic E-state index is 11.3. The molecule has 0 saturated heterocycles. The number of alkyl halides is 18. The van der Waals surface area contributed by atoms with Gasteiger partial charge in [0.25, 0.3) is 0 Å². The summed E-state index contributed by atoms with van der Waals surface area (Å²) in [6, 6.07) is 0. The van der Waals surface area contributed by atoms with E-state index in [1.165, 1.54) is 0 Å². The van der Waals surface area contributed by atoms with Crippen LogP contribution in [0, 0.1) is 0 Å². The molecule has 0 spiro atoms. The van der Waals surface area contributed by atoms with Gasteiger partial charge in [0.15, 0.2) is 0 Å². The Labute approximate surface area is 312 Å². The molecule has 0 saturated carbocycles. The summed E-state index contributed by atoms with van der Waals surface area (Å²) in [5.41, 5.74) is 0. The number of hydrogen-bond acceptors (Lipinski definition) is 0. The number of hydrogen-bond donors (Lipinski definition) is 0. The summed E-state index contributed by atoms with van der Waals surface area (Å²) in [5.74, 6) is 0. The van der Waals surface area contributed by atoms with Crippen molar-refractivity contribution in [2.45, 2.75) is 52.2 Å². The molecule has 0 aliphatic carbocycles. The molecule has 0 amide bonds. The summed E-state index contributed by atoms with van der Waals surface area (Å²) in [6.07, 6.45) is -10.8. The fraction of sp³-hybridized carbons (Fsp3) is 1.00. The normalized spacial score (nSPS) is 11.9. The molecule has 0 atom stereocenters. The van der Waals surface area contributed by atoms with Gasteiger partial charge in [-0.3, -0.25) is 0 Å². The van der Waals surface area contributed by atoms with Gasteiger partial charge in [-0.2, -0.15) is 39.5 Å². The number of halogens is 29. The van der Waals surface area contributed by atoms with E-state index in [4.69, 9.17) is 140 Å². The molecule has 0 aromatic carbocycles. The summed E-state index contributed by atoms with van der Waals surface area (Å²) in [4.78, 5) is 0. The molecule has 0 N–H and O–H groups in total. The predicted molar refractivity (Wildman–Crippen MR) is 162 cm³/mol. The zero-order valence-corrected chi connectivity index (χ0v) is 33.0. The van der Waals surface area contributed by atoms with Crippen LogP contribution in [-0.4, -0.2) is 66.0 Å². The zero-order valence-electron chi connectivity index (χ0n) is 15.5. The van der Waals surface area contributed by atoms with Gasteiger partial charge in [0.05, 0.1) is 0 Å². The summed E-state index contributed by atoms with van der Waals surface area (Å²) in [5, 5.41) is -5.09. The minimum absolute atomic E-state index is 0. The molecule has 0 aliphatic heterocycles. The van der Waals surface area contributed by atoms with Gasteiger partial charge in [0, 0.05) is 0 Å². The minimum atomic E-state index is -7.00. The van der Waals surface area contributed by atoms with Crippen molar-refractivity contribution in [3.05, 3.63) is 0 Å². The predicted octanol–water partition coefficient (Wildman–Crippen LogP) is 16.0. The Morgan fingerprint density at radius 2 is 0.512 bits per heavy atom. The van der Waals surface area contributed by atoms with Gasteiger partial charge in [-0.25, -0.2) is 30.1 Å². The second kappa shape index (κ2) is 28.1. The van der Waals surface area contributed by atoms with Gasteiger partial charge in [0.1, 0.15) is 0 Å². The van der Waals surface area contributed by atoms with E-state index < -0.39 is 66.0 Å². The summed E-state index contributed by atoms with van der Waals surface area (Å²) in [7, 11) is 31.8. The molecule has 0 bridgehead atoms. The van der Waals surface area contributed by atoms with E-state index in [0.717, 1.165) is 0 Å². The Morgan fingerprint density at radius 3 is 0.512 bits per heavy atom. The second-order valence-corrected chi connectivity index (χ2v) is 38.2. The first-order valence-electron chi connectivity index (χ1n) is 6.32. The molecule has 0 heterocycles. The summed E-state index contributed by atoms with van der Waals surface area (Å²) >= 11 is 33.7. The molecule has 0 nitrogen and oxygen atoms in total. The van der Waals surface area contributed by atoms with Crippen LogP contribution in [0.5, 0.6) is 0 Å². The SMILES string of the molecule is C.C.C.ClC(Cl)(Cl)C(Cl)(Cl)Cl.FC(F)(F)C(F)(Cl)Cl.FC(F)(F)C(F)(F)Cl.[Cl][Al]([Cl])[Cl].[Cl][Ge]([Cl])([Cl])[Cl].[F][Ge]([F])([F])[F]. The molecule has 32 heteroatoms. The first-order chi connectivity index (χ1) is 15.5. The van der Waals surface area contributed by atoms with Crippen LogP contribution in [0.3, 0.4) is 0 Å². The van der Waals surface area contributed by atoms with Gasteiger partial charge in [0.2, 0.25) is 7.59 Å². The summed E-state index contributed by atoms with van der Waals surface area (Å²) in [6.45, 7) is 0. The van der Waals surface area contributed by atoms with Crippen molar-refractivity contribution in [1.82, 2.24) is 0 Å². The molecule has 0 radical (unpaired) electrons. The quantitative estimate of drug-likeness (QED) is 0.129. The van der Waals surface area contributed by atoms with Crippen molar-refractivity contribution in [3.63, 3.8) is 0 Å². The van der Waals surface area contributed by atoms with Crippen LogP contribution in [0.1, 0.15) is 22.3 Å². The van der Waals surface area contributed by atoms with Gasteiger partial charge in [-0.1, -0.05) is 115 Å². The molecule has 0 aliphatic rings. The van der Waals surface area contributed by atoms with Gasteiger partial charge in [-0.05, 0) is 11.6 Å². The zero-order chi connectivity index (χ0) is 33.6. The molecule has 0 aromatic rings. The van der Waals surface area contributed by atoms with Crippen LogP contribution in [-0.2, 0) is 0 Å².